The Bertz CT molecular complexity index is 812. The minimum Gasteiger partial charge on any atom is -0.388 e. The number of hydrogen-bond donors (Lipinski definition) is 3. The number of nitrogens with one attached hydrogen (secondary N) is 3. The molecule has 0 fully saturated rings. The summed E-state index contributed by atoms with van der Waals surface area (Å²) in [7, 11) is 1.82. The minimum absolute atomic E-state index is 0.195. The third-order valence-corrected chi connectivity index (χ3v) is 3.68. The van der Waals surface area contributed by atoms with Crippen LogP contribution in [0.4, 0.5) is 21.6 Å². The molecule has 0 amide bonds. The molecular weight excluding hydrogens is 307 g/mol. The zero-order valence-electron chi connectivity index (χ0n) is 13.6. The first kappa shape index (κ1) is 15.9. The van der Waals surface area contributed by atoms with Crippen molar-refractivity contribution in [2.75, 3.05) is 17.7 Å². The number of H-pyrrole nitrogens is 1. The van der Waals surface area contributed by atoms with Crippen LogP contribution in [-0.4, -0.2) is 27.2 Å². The van der Waals surface area contributed by atoms with Crippen molar-refractivity contribution in [2.24, 2.45) is 0 Å². The number of aromatic nitrogens is 4. The summed E-state index contributed by atoms with van der Waals surface area (Å²) < 4.78 is 13.9. The second-order valence-corrected chi connectivity index (χ2v) is 5.47. The van der Waals surface area contributed by atoms with Crippen molar-refractivity contribution >= 4 is 17.2 Å². The second-order valence-electron chi connectivity index (χ2n) is 5.47. The molecule has 0 spiro atoms. The fraction of sp³-hybridized carbons (Fsp3) is 0.235. The van der Waals surface area contributed by atoms with Crippen LogP contribution in [0.1, 0.15) is 17.1 Å². The van der Waals surface area contributed by atoms with Crippen LogP contribution in [0.25, 0.3) is 0 Å². The number of aryl methyl sites for hydroxylation is 3. The lowest BCUT2D eigenvalue weighted by Crippen LogP contribution is -1.97. The van der Waals surface area contributed by atoms with E-state index >= 15 is 0 Å². The minimum atomic E-state index is -0.195. The number of nitrogens with zero attached hydrogens (tertiary/aromatic N) is 3. The van der Waals surface area contributed by atoms with Crippen LogP contribution >= 0.6 is 0 Å². The van der Waals surface area contributed by atoms with Crippen molar-refractivity contribution in [3.8, 4) is 0 Å². The molecule has 7 heteroatoms. The van der Waals surface area contributed by atoms with E-state index in [1.165, 1.54) is 6.07 Å². The molecule has 0 unspecified atom stereocenters. The van der Waals surface area contributed by atoms with Crippen LogP contribution in [0.3, 0.4) is 0 Å². The first-order chi connectivity index (χ1) is 11.6. The highest BCUT2D eigenvalue weighted by molar-refractivity contribution is 5.53. The standard InChI is InChI=1S/C17H19FN6/c1-11-20-9-15(10-21-11)22-17-8-14(23-24-17)4-3-12-7-13(19-2)5-6-16(12)18/h5-10,19H,3-4H2,1-2H3,(H2,22,23,24). The van der Waals surface area contributed by atoms with E-state index in [0.717, 1.165) is 28.7 Å². The lowest BCUT2D eigenvalue weighted by Gasteiger charge is -2.05. The summed E-state index contributed by atoms with van der Waals surface area (Å²) in [6, 6.07) is 6.93. The van der Waals surface area contributed by atoms with Crippen LogP contribution < -0.4 is 10.6 Å². The Kier molecular flexibility index (Phi) is 4.69. The zero-order chi connectivity index (χ0) is 16.9. The average molecular weight is 326 g/mol. The van der Waals surface area contributed by atoms with Gasteiger partial charge < -0.3 is 10.6 Å². The SMILES string of the molecule is CNc1ccc(F)c(CCc2cc(Nc3cnc(C)nc3)[nH]n2)c1. The van der Waals surface area contributed by atoms with E-state index in [2.05, 4.69) is 30.8 Å². The number of anilines is 3. The maximum Gasteiger partial charge on any atom is 0.126 e. The van der Waals surface area contributed by atoms with Crippen molar-refractivity contribution < 1.29 is 4.39 Å². The Hall–Kier alpha value is -2.96. The van der Waals surface area contributed by atoms with Gasteiger partial charge in [-0.1, -0.05) is 0 Å². The predicted octanol–water partition coefficient (Wildman–Crippen LogP) is 3.22. The summed E-state index contributed by atoms with van der Waals surface area (Å²) in [5.41, 5.74) is 3.21. The smallest absolute Gasteiger partial charge is 0.126 e. The number of halogens is 1. The topological polar surface area (TPSA) is 78.5 Å². The predicted molar refractivity (Wildman–Crippen MR) is 92.0 cm³/mol. The van der Waals surface area contributed by atoms with Crippen LogP contribution in [-0.2, 0) is 12.8 Å². The molecule has 3 rings (SSSR count). The molecule has 124 valence electrons. The first-order valence-electron chi connectivity index (χ1n) is 7.70. The molecule has 0 aliphatic carbocycles. The summed E-state index contributed by atoms with van der Waals surface area (Å²) in [6.45, 7) is 1.83. The van der Waals surface area contributed by atoms with Gasteiger partial charge in [0.1, 0.15) is 17.5 Å². The maximum atomic E-state index is 13.9. The molecule has 2 heterocycles. The number of rotatable bonds is 6. The van der Waals surface area contributed by atoms with E-state index in [4.69, 9.17) is 0 Å². The fourth-order valence-electron chi connectivity index (χ4n) is 2.35. The highest BCUT2D eigenvalue weighted by Gasteiger charge is 2.07. The van der Waals surface area contributed by atoms with Crippen molar-refractivity contribution in [3.05, 3.63) is 59.6 Å². The van der Waals surface area contributed by atoms with Crippen molar-refractivity contribution in [1.29, 1.82) is 0 Å². The Morgan fingerprint density at radius 1 is 1.08 bits per heavy atom. The first-order valence-corrected chi connectivity index (χ1v) is 7.70. The molecule has 2 aromatic heterocycles. The van der Waals surface area contributed by atoms with Crippen molar-refractivity contribution in [1.82, 2.24) is 20.2 Å². The molecule has 0 bridgehead atoms. The molecule has 0 radical (unpaired) electrons. The van der Waals surface area contributed by atoms with Crippen molar-refractivity contribution in [3.63, 3.8) is 0 Å². The Morgan fingerprint density at radius 3 is 2.62 bits per heavy atom. The highest BCUT2D eigenvalue weighted by Crippen LogP contribution is 2.18. The molecule has 1 aromatic carbocycles. The fourth-order valence-corrected chi connectivity index (χ4v) is 2.35. The van der Waals surface area contributed by atoms with Crippen LogP contribution in [0, 0.1) is 12.7 Å². The van der Waals surface area contributed by atoms with Gasteiger partial charge in [-0.05, 0) is 43.5 Å². The molecule has 0 saturated carbocycles. The third-order valence-electron chi connectivity index (χ3n) is 3.68. The number of aromatic amines is 1. The summed E-state index contributed by atoms with van der Waals surface area (Å²) in [6.07, 6.45) is 4.65. The van der Waals surface area contributed by atoms with Crippen LogP contribution in [0.2, 0.25) is 0 Å². The van der Waals surface area contributed by atoms with Gasteiger partial charge >= 0.3 is 0 Å². The van der Waals surface area contributed by atoms with Gasteiger partial charge in [0.2, 0.25) is 0 Å². The second kappa shape index (κ2) is 7.08. The lowest BCUT2D eigenvalue weighted by molar-refractivity contribution is 0.608. The molecule has 3 N–H and O–H groups in total. The van der Waals surface area contributed by atoms with E-state index in [1.54, 1.807) is 18.5 Å². The normalized spacial score (nSPS) is 10.6. The largest absolute Gasteiger partial charge is 0.388 e. The summed E-state index contributed by atoms with van der Waals surface area (Å²) in [5.74, 6) is 1.28. The molecule has 6 nitrogen and oxygen atoms in total. The zero-order valence-corrected chi connectivity index (χ0v) is 13.6. The van der Waals surface area contributed by atoms with Crippen LogP contribution in [0.15, 0.2) is 36.7 Å². The van der Waals surface area contributed by atoms with Gasteiger partial charge in [-0.25, -0.2) is 14.4 Å². The molecule has 0 aliphatic rings. The Morgan fingerprint density at radius 2 is 1.88 bits per heavy atom. The summed E-state index contributed by atoms with van der Waals surface area (Å²) in [5, 5.41) is 13.3. The summed E-state index contributed by atoms with van der Waals surface area (Å²) >= 11 is 0. The molecule has 0 atom stereocenters. The Balaban J connectivity index is 1.63. The van der Waals surface area contributed by atoms with Gasteiger partial charge in [-0.2, -0.15) is 5.10 Å². The molecule has 0 aliphatic heterocycles. The van der Waals surface area contributed by atoms with Gasteiger partial charge in [-0.15, -0.1) is 0 Å². The molecule has 24 heavy (non-hydrogen) atoms. The van der Waals surface area contributed by atoms with Gasteiger partial charge in [-0.3, -0.25) is 5.10 Å². The highest BCUT2D eigenvalue weighted by atomic mass is 19.1. The molecular formula is C17H19FN6. The van der Waals surface area contributed by atoms with Gasteiger partial charge in [0.25, 0.3) is 0 Å². The van der Waals surface area contributed by atoms with Gasteiger partial charge in [0, 0.05) is 18.8 Å². The molecule has 3 aromatic rings. The van der Waals surface area contributed by atoms with E-state index in [9.17, 15) is 4.39 Å². The lowest BCUT2D eigenvalue weighted by atomic mass is 10.1. The third kappa shape index (κ3) is 3.87. The number of benzene rings is 1. The van der Waals surface area contributed by atoms with E-state index < -0.39 is 0 Å². The van der Waals surface area contributed by atoms with Gasteiger partial charge in [0.05, 0.1) is 23.8 Å². The summed E-state index contributed by atoms with van der Waals surface area (Å²) in [4.78, 5) is 8.26. The Labute approximate surface area is 139 Å². The van der Waals surface area contributed by atoms with Crippen LogP contribution in [0.5, 0.6) is 0 Å². The maximum absolute atomic E-state index is 13.9. The monoisotopic (exact) mass is 326 g/mol. The quantitative estimate of drug-likeness (QED) is 0.648. The van der Waals surface area contributed by atoms with Gasteiger partial charge in [0.15, 0.2) is 0 Å². The van der Waals surface area contributed by atoms with Crippen molar-refractivity contribution in [2.45, 2.75) is 19.8 Å². The average Bonchev–Trinajstić information content (AvgIpc) is 3.04. The number of hydrogen-bond acceptors (Lipinski definition) is 5. The van der Waals surface area contributed by atoms with E-state index in [-0.39, 0.29) is 5.82 Å². The molecule has 0 saturated heterocycles. The van der Waals surface area contributed by atoms with E-state index in [1.807, 2.05) is 26.1 Å². The van der Waals surface area contributed by atoms with E-state index in [0.29, 0.717) is 18.4 Å².